The van der Waals surface area contributed by atoms with E-state index in [0.29, 0.717) is 12.5 Å². The van der Waals surface area contributed by atoms with Crippen molar-refractivity contribution in [3.05, 3.63) is 71.3 Å². The molecule has 1 heterocycles. The summed E-state index contributed by atoms with van der Waals surface area (Å²) in [6, 6.07) is 18.1. The molecule has 0 spiro atoms. The summed E-state index contributed by atoms with van der Waals surface area (Å²) in [4.78, 5) is 0. The minimum Gasteiger partial charge on any atom is -0.508 e. The highest BCUT2D eigenvalue weighted by molar-refractivity contribution is 5.91. The van der Waals surface area contributed by atoms with Crippen molar-refractivity contribution in [3.8, 4) is 11.5 Å². The van der Waals surface area contributed by atoms with E-state index in [1.165, 1.54) is 43.1 Å². The van der Waals surface area contributed by atoms with Crippen molar-refractivity contribution in [3.63, 3.8) is 0 Å². The fourth-order valence-electron chi connectivity index (χ4n) is 5.13. The number of phenolic OH excluding ortho intramolecular Hbond substituents is 1. The van der Waals surface area contributed by atoms with E-state index in [-0.39, 0.29) is 12.4 Å². The van der Waals surface area contributed by atoms with Crippen LogP contribution >= 0.6 is 0 Å². The van der Waals surface area contributed by atoms with Crippen molar-refractivity contribution in [2.45, 2.75) is 43.4 Å². The molecule has 0 aromatic heterocycles. The Balaban J connectivity index is 1.65. The van der Waals surface area contributed by atoms with Gasteiger partial charge < -0.3 is 14.9 Å². The molecule has 5 rings (SSSR count). The molecule has 144 valence electrons. The van der Waals surface area contributed by atoms with E-state index in [0.717, 1.165) is 22.3 Å². The molecule has 0 unspecified atom stereocenters. The molecule has 2 aliphatic rings. The molecule has 0 amide bonds. The SMILES string of the molecule is OC[C@]1(c2ccc(O)cc2)COc2ccc3cc(C4CCCCC4)ccc3c21. The third-order valence-electron chi connectivity index (χ3n) is 6.72. The van der Waals surface area contributed by atoms with Crippen LogP contribution in [0.4, 0.5) is 0 Å². The summed E-state index contributed by atoms with van der Waals surface area (Å²) in [7, 11) is 0. The Morgan fingerprint density at radius 2 is 1.71 bits per heavy atom. The van der Waals surface area contributed by atoms with E-state index in [2.05, 4.69) is 24.3 Å². The van der Waals surface area contributed by atoms with Crippen molar-refractivity contribution >= 4 is 10.8 Å². The van der Waals surface area contributed by atoms with Crippen LogP contribution in [0.2, 0.25) is 0 Å². The fourth-order valence-corrected chi connectivity index (χ4v) is 5.13. The Morgan fingerprint density at radius 1 is 0.929 bits per heavy atom. The summed E-state index contributed by atoms with van der Waals surface area (Å²) >= 11 is 0. The van der Waals surface area contributed by atoms with Gasteiger partial charge in [0.1, 0.15) is 18.1 Å². The summed E-state index contributed by atoms with van der Waals surface area (Å²) in [5.41, 5.74) is 2.86. The van der Waals surface area contributed by atoms with Gasteiger partial charge in [0.15, 0.2) is 0 Å². The number of aliphatic hydroxyl groups is 1. The second-order valence-corrected chi connectivity index (χ2v) is 8.33. The number of hydrogen-bond donors (Lipinski definition) is 2. The fraction of sp³-hybridized carbons (Fsp3) is 0.360. The molecular formula is C25H26O3. The summed E-state index contributed by atoms with van der Waals surface area (Å²) < 4.78 is 6.02. The molecule has 0 bridgehead atoms. The number of ether oxygens (including phenoxy) is 1. The highest BCUT2D eigenvalue weighted by atomic mass is 16.5. The van der Waals surface area contributed by atoms with Crippen LogP contribution in [0.15, 0.2) is 54.6 Å². The Bertz CT molecular complexity index is 1000. The molecular weight excluding hydrogens is 348 g/mol. The topological polar surface area (TPSA) is 49.7 Å². The maximum Gasteiger partial charge on any atom is 0.124 e. The molecule has 3 aromatic rings. The average molecular weight is 374 g/mol. The lowest BCUT2D eigenvalue weighted by Gasteiger charge is -2.28. The molecule has 2 N–H and O–H groups in total. The molecule has 0 saturated heterocycles. The molecule has 3 aromatic carbocycles. The van der Waals surface area contributed by atoms with Crippen LogP contribution < -0.4 is 4.74 Å². The highest BCUT2D eigenvalue weighted by Gasteiger charge is 2.43. The zero-order valence-corrected chi connectivity index (χ0v) is 16.0. The van der Waals surface area contributed by atoms with Crippen molar-refractivity contribution < 1.29 is 14.9 Å². The molecule has 0 radical (unpaired) electrons. The van der Waals surface area contributed by atoms with Crippen LogP contribution in [0.1, 0.15) is 54.7 Å². The Hall–Kier alpha value is -2.52. The Labute approximate surface area is 165 Å². The van der Waals surface area contributed by atoms with Crippen molar-refractivity contribution in [2.24, 2.45) is 0 Å². The van der Waals surface area contributed by atoms with Crippen LogP contribution in [0, 0.1) is 0 Å². The number of fused-ring (bicyclic) bond motifs is 3. The first kappa shape index (κ1) is 17.6. The maximum atomic E-state index is 10.5. The zero-order chi connectivity index (χ0) is 19.1. The van der Waals surface area contributed by atoms with Crippen LogP contribution in [0.25, 0.3) is 10.8 Å². The van der Waals surface area contributed by atoms with E-state index in [9.17, 15) is 10.2 Å². The molecule has 1 saturated carbocycles. The average Bonchev–Trinajstić information content (AvgIpc) is 3.15. The Kier molecular flexibility index (Phi) is 4.28. The van der Waals surface area contributed by atoms with E-state index in [1.54, 1.807) is 12.1 Å². The summed E-state index contributed by atoms with van der Waals surface area (Å²) in [6.45, 7) is 0.376. The number of aliphatic hydroxyl groups excluding tert-OH is 1. The largest absolute Gasteiger partial charge is 0.508 e. The van der Waals surface area contributed by atoms with Gasteiger partial charge in [0, 0.05) is 5.56 Å². The maximum absolute atomic E-state index is 10.5. The minimum absolute atomic E-state index is 0.0335. The summed E-state index contributed by atoms with van der Waals surface area (Å²) in [5.74, 6) is 1.74. The van der Waals surface area contributed by atoms with Gasteiger partial charge in [-0.05, 0) is 58.9 Å². The normalized spacial score (nSPS) is 22.2. The Morgan fingerprint density at radius 3 is 2.46 bits per heavy atom. The van der Waals surface area contributed by atoms with E-state index >= 15 is 0 Å². The predicted molar refractivity (Wildman–Crippen MR) is 111 cm³/mol. The van der Waals surface area contributed by atoms with E-state index < -0.39 is 5.41 Å². The smallest absolute Gasteiger partial charge is 0.124 e. The van der Waals surface area contributed by atoms with Crippen LogP contribution in [-0.4, -0.2) is 23.4 Å². The van der Waals surface area contributed by atoms with Gasteiger partial charge in [-0.15, -0.1) is 0 Å². The summed E-state index contributed by atoms with van der Waals surface area (Å²) in [5, 5.41) is 22.5. The molecule has 3 heteroatoms. The van der Waals surface area contributed by atoms with Crippen molar-refractivity contribution in [1.82, 2.24) is 0 Å². The second-order valence-electron chi connectivity index (χ2n) is 8.33. The van der Waals surface area contributed by atoms with E-state index in [1.807, 2.05) is 18.2 Å². The van der Waals surface area contributed by atoms with Gasteiger partial charge in [-0.3, -0.25) is 0 Å². The number of benzene rings is 3. The second kappa shape index (κ2) is 6.82. The first-order valence-corrected chi connectivity index (χ1v) is 10.3. The van der Waals surface area contributed by atoms with Gasteiger partial charge in [-0.25, -0.2) is 0 Å². The lowest BCUT2D eigenvalue weighted by atomic mass is 9.74. The van der Waals surface area contributed by atoms with Crippen LogP contribution in [-0.2, 0) is 5.41 Å². The standard InChI is InChI=1S/C25H26O3/c26-15-25(20-8-10-21(27)11-9-20)16-28-23-13-7-19-14-18(6-12-22(19)24(23)25)17-4-2-1-3-5-17/h6-14,17,26-27H,1-5,15-16H2/t25-/m1/s1. The van der Waals surface area contributed by atoms with Gasteiger partial charge >= 0.3 is 0 Å². The van der Waals surface area contributed by atoms with E-state index in [4.69, 9.17) is 4.74 Å². The molecule has 28 heavy (non-hydrogen) atoms. The third-order valence-corrected chi connectivity index (χ3v) is 6.72. The number of phenols is 1. The van der Waals surface area contributed by atoms with Gasteiger partial charge in [0.05, 0.1) is 12.0 Å². The van der Waals surface area contributed by atoms with Crippen molar-refractivity contribution in [1.29, 1.82) is 0 Å². The van der Waals surface area contributed by atoms with Crippen molar-refractivity contribution in [2.75, 3.05) is 13.2 Å². The third kappa shape index (κ3) is 2.68. The number of hydrogen-bond acceptors (Lipinski definition) is 3. The van der Waals surface area contributed by atoms with Gasteiger partial charge in [0.25, 0.3) is 0 Å². The van der Waals surface area contributed by atoms with Gasteiger partial charge in [0.2, 0.25) is 0 Å². The lowest BCUT2D eigenvalue weighted by molar-refractivity contribution is 0.185. The molecule has 1 aliphatic carbocycles. The van der Waals surface area contributed by atoms with Gasteiger partial charge in [-0.2, -0.15) is 0 Å². The zero-order valence-electron chi connectivity index (χ0n) is 16.0. The van der Waals surface area contributed by atoms with Crippen LogP contribution in [0.3, 0.4) is 0 Å². The molecule has 1 aliphatic heterocycles. The quantitative estimate of drug-likeness (QED) is 0.657. The lowest BCUT2D eigenvalue weighted by Crippen LogP contribution is -2.34. The van der Waals surface area contributed by atoms with Gasteiger partial charge in [-0.1, -0.05) is 55.7 Å². The predicted octanol–water partition coefficient (Wildman–Crippen LogP) is 5.26. The molecule has 3 nitrogen and oxygen atoms in total. The monoisotopic (exact) mass is 374 g/mol. The minimum atomic E-state index is -0.602. The summed E-state index contributed by atoms with van der Waals surface area (Å²) in [6.07, 6.45) is 6.59. The molecule has 1 fully saturated rings. The molecule has 1 atom stereocenters. The first-order chi connectivity index (χ1) is 13.7. The number of aromatic hydroxyl groups is 1. The highest BCUT2D eigenvalue weighted by Crippen LogP contribution is 2.47. The van der Waals surface area contributed by atoms with Crippen LogP contribution in [0.5, 0.6) is 11.5 Å². The number of rotatable bonds is 3. The first-order valence-electron chi connectivity index (χ1n) is 10.3.